The van der Waals surface area contributed by atoms with Gasteiger partial charge < -0.3 is 19.9 Å². The van der Waals surface area contributed by atoms with Crippen LogP contribution in [-0.2, 0) is 44.0 Å². The number of piperidine rings is 1. The number of aryl methyl sites for hydroxylation is 1. The summed E-state index contributed by atoms with van der Waals surface area (Å²) in [5, 5.41) is 6.68. The highest BCUT2D eigenvalue weighted by Crippen LogP contribution is 2.24. The van der Waals surface area contributed by atoms with Crippen LogP contribution in [0.2, 0.25) is 0 Å². The van der Waals surface area contributed by atoms with Gasteiger partial charge in [-0.05, 0) is 36.2 Å². The molecule has 1 aliphatic heterocycles. The lowest BCUT2D eigenvalue weighted by Gasteiger charge is -2.21. The molecule has 0 spiro atoms. The number of carbonyl (C=O) groups excluding carboxylic acids is 3. The number of benzene rings is 2. The summed E-state index contributed by atoms with van der Waals surface area (Å²) in [5.41, 5.74) is 10.1. The number of hydrogen-bond donors (Lipinski definition) is 2. The Morgan fingerprint density at radius 3 is 2.64 bits per heavy atom. The lowest BCUT2D eigenvalue weighted by atomic mass is 10.1. The van der Waals surface area contributed by atoms with Gasteiger partial charge in [0.2, 0.25) is 11.8 Å². The first kappa shape index (κ1) is 33.8. The normalized spacial score (nSPS) is 14.3. The first-order valence-corrected chi connectivity index (χ1v) is 16.0. The van der Waals surface area contributed by atoms with E-state index < -0.39 is 17.9 Å². The third-order valence-corrected chi connectivity index (χ3v) is 8.17. The Labute approximate surface area is 286 Å². The van der Waals surface area contributed by atoms with Crippen LogP contribution < -0.4 is 16.7 Å². The average Bonchev–Trinajstić information content (AvgIpc) is 3.69. The number of nitrogens with one attached hydrogen (secondary N) is 1. The molecule has 0 saturated carbocycles. The number of esters is 1. The van der Waals surface area contributed by atoms with Gasteiger partial charge >= 0.3 is 11.7 Å². The van der Waals surface area contributed by atoms with E-state index in [9.17, 15) is 19.2 Å². The van der Waals surface area contributed by atoms with Crippen molar-refractivity contribution < 1.29 is 28.6 Å². The van der Waals surface area contributed by atoms with E-state index in [1.807, 2.05) is 36.5 Å². The first-order chi connectivity index (χ1) is 24.3. The third-order valence-electron chi connectivity index (χ3n) is 8.17. The molecule has 1 fully saturated rings. The van der Waals surface area contributed by atoms with Gasteiger partial charge in [-0.1, -0.05) is 42.2 Å². The molecule has 6 rings (SSSR count). The summed E-state index contributed by atoms with van der Waals surface area (Å²) in [6.45, 7) is 1.95. The molecule has 4 heterocycles. The standard InChI is InChI=1S/C36H35N7O7/c1-41-31-18-24(9-10-29(31)43(36(41)47)30-11-12-32(44)40-34(30)45)8-5-14-48-16-17-49-15-13-42-22-27(21-39-42)26-19-28(33(37)38-20-26)35(46)50-23-25-6-3-2-4-7-25/h2-4,6-7,9-10,18-22,30H,11-17,23H2,1H3,(H2,37,38)(H,40,44,45). The zero-order valence-electron chi connectivity index (χ0n) is 27.3. The van der Waals surface area contributed by atoms with Crippen molar-refractivity contribution in [2.24, 2.45) is 7.05 Å². The zero-order chi connectivity index (χ0) is 35.0. The van der Waals surface area contributed by atoms with Gasteiger partial charge in [-0.3, -0.25) is 28.7 Å². The van der Waals surface area contributed by atoms with Crippen LogP contribution in [0, 0.1) is 11.8 Å². The zero-order valence-corrected chi connectivity index (χ0v) is 27.3. The summed E-state index contributed by atoms with van der Waals surface area (Å²) in [4.78, 5) is 53.7. The number of nitrogen functional groups attached to an aromatic ring is 1. The van der Waals surface area contributed by atoms with E-state index in [0.717, 1.165) is 11.1 Å². The van der Waals surface area contributed by atoms with Gasteiger partial charge in [-0.2, -0.15) is 5.10 Å². The summed E-state index contributed by atoms with van der Waals surface area (Å²) in [5.74, 6) is 4.74. The van der Waals surface area contributed by atoms with E-state index in [2.05, 4.69) is 27.2 Å². The molecule has 0 bridgehead atoms. The van der Waals surface area contributed by atoms with Crippen LogP contribution in [0.15, 0.2) is 78.0 Å². The van der Waals surface area contributed by atoms with Crippen LogP contribution in [0.4, 0.5) is 5.82 Å². The Bertz CT molecular complexity index is 2160. The molecule has 50 heavy (non-hydrogen) atoms. The summed E-state index contributed by atoms with van der Waals surface area (Å²) in [6, 6.07) is 15.6. The second-order valence-electron chi connectivity index (χ2n) is 11.6. The van der Waals surface area contributed by atoms with Crippen LogP contribution in [-0.4, -0.2) is 68.1 Å². The van der Waals surface area contributed by atoms with Gasteiger partial charge in [-0.25, -0.2) is 14.6 Å². The molecular weight excluding hydrogens is 642 g/mol. The Kier molecular flexibility index (Phi) is 10.5. The number of aromatic nitrogens is 5. The van der Waals surface area contributed by atoms with Crippen molar-refractivity contribution in [1.82, 2.24) is 29.2 Å². The molecule has 1 aliphatic rings. The molecule has 1 saturated heterocycles. The molecule has 0 radical (unpaired) electrons. The highest BCUT2D eigenvalue weighted by molar-refractivity contribution is 6.00. The second kappa shape index (κ2) is 15.5. The van der Waals surface area contributed by atoms with Gasteiger partial charge in [-0.15, -0.1) is 0 Å². The van der Waals surface area contributed by atoms with Crippen molar-refractivity contribution in [2.45, 2.75) is 32.0 Å². The quantitative estimate of drug-likeness (QED) is 0.0865. The van der Waals surface area contributed by atoms with Crippen molar-refractivity contribution in [2.75, 3.05) is 32.2 Å². The number of imide groups is 1. The maximum atomic E-state index is 12.9. The highest BCUT2D eigenvalue weighted by atomic mass is 16.5. The predicted octanol–water partition coefficient (Wildman–Crippen LogP) is 2.60. The molecule has 3 N–H and O–H groups in total. The summed E-state index contributed by atoms with van der Waals surface area (Å²) < 4.78 is 21.3. The maximum Gasteiger partial charge on any atom is 0.342 e. The predicted molar refractivity (Wildman–Crippen MR) is 183 cm³/mol. The highest BCUT2D eigenvalue weighted by Gasteiger charge is 2.31. The lowest BCUT2D eigenvalue weighted by molar-refractivity contribution is -0.135. The Morgan fingerprint density at radius 2 is 1.82 bits per heavy atom. The van der Waals surface area contributed by atoms with E-state index in [1.165, 1.54) is 9.13 Å². The number of imidazole rings is 1. The van der Waals surface area contributed by atoms with E-state index >= 15 is 0 Å². The fourth-order valence-corrected chi connectivity index (χ4v) is 5.54. The van der Waals surface area contributed by atoms with E-state index in [4.69, 9.17) is 19.9 Å². The number of fused-ring (bicyclic) bond motifs is 1. The molecule has 1 atom stereocenters. The van der Waals surface area contributed by atoms with Gasteiger partial charge in [0.25, 0.3) is 0 Å². The van der Waals surface area contributed by atoms with E-state index in [-0.39, 0.29) is 49.0 Å². The monoisotopic (exact) mass is 677 g/mol. The molecule has 5 aromatic rings. The number of anilines is 1. The molecular formula is C36H35N7O7. The Morgan fingerprint density at radius 1 is 1.00 bits per heavy atom. The molecule has 3 aromatic heterocycles. The van der Waals surface area contributed by atoms with Gasteiger partial charge in [0.15, 0.2) is 0 Å². The number of hydrogen-bond acceptors (Lipinski definition) is 10. The topological polar surface area (TPSA) is 175 Å². The van der Waals surface area contributed by atoms with Crippen molar-refractivity contribution >= 4 is 34.6 Å². The van der Waals surface area contributed by atoms with Crippen LogP contribution in [0.25, 0.3) is 22.2 Å². The van der Waals surface area contributed by atoms with Crippen molar-refractivity contribution in [3.05, 3.63) is 100 Å². The number of carbonyl (C=O) groups is 3. The van der Waals surface area contributed by atoms with Crippen LogP contribution in [0.3, 0.4) is 0 Å². The van der Waals surface area contributed by atoms with Crippen molar-refractivity contribution in [3.63, 3.8) is 0 Å². The smallest absolute Gasteiger partial charge is 0.342 e. The number of pyridine rings is 1. The summed E-state index contributed by atoms with van der Waals surface area (Å²) in [7, 11) is 1.64. The number of ether oxygens (including phenoxy) is 3. The fourth-order valence-electron chi connectivity index (χ4n) is 5.54. The maximum absolute atomic E-state index is 12.9. The van der Waals surface area contributed by atoms with Crippen LogP contribution in [0.1, 0.15) is 40.4 Å². The van der Waals surface area contributed by atoms with Gasteiger partial charge in [0.05, 0.1) is 43.6 Å². The summed E-state index contributed by atoms with van der Waals surface area (Å²) >= 11 is 0. The molecule has 2 aromatic carbocycles. The second-order valence-corrected chi connectivity index (χ2v) is 11.6. The Balaban J connectivity index is 0.931. The SMILES string of the molecule is Cn1c(=O)n(C2CCC(=O)NC2=O)c2ccc(C#CCOCCOCCn3cc(-c4cnc(N)c(C(=O)OCc5ccccc5)c4)cn3)cc21. The lowest BCUT2D eigenvalue weighted by Crippen LogP contribution is -2.44. The van der Waals surface area contributed by atoms with Crippen molar-refractivity contribution in [1.29, 1.82) is 0 Å². The minimum atomic E-state index is -0.737. The number of rotatable bonds is 12. The molecule has 0 aliphatic carbocycles. The Hall–Kier alpha value is -6.04. The third kappa shape index (κ3) is 7.81. The number of amides is 2. The fraction of sp³-hybridized carbons (Fsp3) is 0.278. The molecule has 1 unspecified atom stereocenters. The molecule has 2 amide bonds. The van der Waals surface area contributed by atoms with Crippen LogP contribution >= 0.6 is 0 Å². The summed E-state index contributed by atoms with van der Waals surface area (Å²) in [6.07, 6.45) is 5.56. The minimum absolute atomic E-state index is 0.0923. The number of nitrogens with zero attached hydrogens (tertiary/aromatic N) is 5. The number of nitrogens with two attached hydrogens (primary N) is 1. The minimum Gasteiger partial charge on any atom is -0.457 e. The first-order valence-electron chi connectivity index (χ1n) is 16.0. The van der Waals surface area contributed by atoms with Gasteiger partial charge in [0, 0.05) is 42.6 Å². The van der Waals surface area contributed by atoms with E-state index in [0.29, 0.717) is 48.5 Å². The average molecular weight is 678 g/mol. The molecule has 14 nitrogen and oxygen atoms in total. The van der Waals surface area contributed by atoms with Crippen LogP contribution in [0.5, 0.6) is 0 Å². The molecule has 256 valence electrons. The molecule has 14 heteroatoms. The van der Waals surface area contributed by atoms with Gasteiger partial charge in [0.1, 0.15) is 30.6 Å². The largest absolute Gasteiger partial charge is 0.457 e. The van der Waals surface area contributed by atoms with E-state index in [1.54, 1.807) is 48.4 Å². The van der Waals surface area contributed by atoms with Crippen molar-refractivity contribution in [3.8, 4) is 23.0 Å².